The lowest BCUT2D eigenvalue weighted by Gasteiger charge is -2.37. The zero-order valence-electron chi connectivity index (χ0n) is 12.4. The van der Waals surface area contributed by atoms with Gasteiger partial charge in [0.2, 0.25) is 0 Å². The van der Waals surface area contributed by atoms with Crippen molar-refractivity contribution in [1.82, 2.24) is 19.7 Å². The Hall–Kier alpha value is -0.940. The van der Waals surface area contributed by atoms with E-state index in [4.69, 9.17) is 5.73 Å². The Morgan fingerprint density at radius 3 is 2.84 bits per heavy atom. The highest BCUT2D eigenvalue weighted by Crippen LogP contribution is 2.20. The van der Waals surface area contributed by atoms with Crippen LogP contribution in [0.1, 0.15) is 45.9 Å². The largest absolute Gasteiger partial charge is 0.327 e. The molecule has 2 heterocycles. The Balaban J connectivity index is 2.04. The van der Waals surface area contributed by atoms with Crippen LogP contribution in [-0.2, 0) is 13.1 Å². The van der Waals surface area contributed by atoms with E-state index in [2.05, 4.69) is 35.8 Å². The monoisotopic (exact) mass is 265 g/mol. The summed E-state index contributed by atoms with van der Waals surface area (Å²) in [7, 11) is 0. The number of piperidine rings is 1. The van der Waals surface area contributed by atoms with Crippen molar-refractivity contribution >= 4 is 0 Å². The maximum atomic E-state index is 6.12. The maximum Gasteiger partial charge on any atom is 0.141 e. The molecule has 19 heavy (non-hydrogen) atoms. The van der Waals surface area contributed by atoms with Crippen LogP contribution < -0.4 is 5.73 Å². The number of nitrogens with two attached hydrogens (primary N) is 1. The van der Waals surface area contributed by atoms with Gasteiger partial charge in [0.05, 0.1) is 6.54 Å². The van der Waals surface area contributed by atoms with Crippen molar-refractivity contribution in [3.8, 4) is 0 Å². The topological polar surface area (TPSA) is 60.0 Å². The lowest BCUT2D eigenvalue weighted by molar-refractivity contribution is 0.117. The second kappa shape index (κ2) is 6.48. The average Bonchev–Trinajstić information content (AvgIpc) is 2.76. The molecule has 1 aliphatic rings. The number of hydrogen-bond acceptors (Lipinski definition) is 4. The molecule has 2 unspecified atom stereocenters. The summed E-state index contributed by atoms with van der Waals surface area (Å²) in [5, 5.41) is 4.34. The Kier molecular flexibility index (Phi) is 4.93. The van der Waals surface area contributed by atoms with E-state index >= 15 is 0 Å². The first-order valence-corrected chi connectivity index (χ1v) is 7.44. The summed E-state index contributed by atoms with van der Waals surface area (Å²) in [5.41, 5.74) is 6.12. The zero-order valence-corrected chi connectivity index (χ0v) is 12.4. The van der Waals surface area contributed by atoms with E-state index in [9.17, 15) is 0 Å². The van der Waals surface area contributed by atoms with Gasteiger partial charge >= 0.3 is 0 Å². The standard InChI is InChI=1S/C14H27N5/c1-11(2)8-19-14(16-10-17-19)9-18-7-5-4-6-13(18)12(3)15/h10-13H,4-9,15H2,1-3H3. The first kappa shape index (κ1) is 14.5. The summed E-state index contributed by atoms with van der Waals surface area (Å²) in [5.74, 6) is 1.66. The molecule has 5 nitrogen and oxygen atoms in total. The zero-order chi connectivity index (χ0) is 13.8. The van der Waals surface area contributed by atoms with Crippen molar-refractivity contribution in [1.29, 1.82) is 0 Å². The number of aromatic nitrogens is 3. The van der Waals surface area contributed by atoms with Gasteiger partial charge in [-0.05, 0) is 32.2 Å². The van der Waals surface area contributed by atoms with E-state index in [-0.39, 0.29) is 6.04 Å². The lowest BCUT2D eigenvalue weighted by Crippen LogP contribution is -2.48. The van der Waals surface area contributed by atoms with Crippen molar-refractivity contribution in [3.63, 3.8) is 0 Å². The van der Waals surface area contributed by atoms with Crippen LogP contribution in [0.25, 0.3) is 0 Å². The summed E-state index contributed by atoms with van der Waals surface area (Å²) in [4.78, 5) is 6.91. The smallest absolute Gasteiger partial charge is 0.141 e. The molecule has 0 amide bonds. The molecule has 1 saturated heterocycles. The molecule has 5 heteroatoms. The molecule has 0 aliphatic carbocycles. The fraction of sp³-hybridized carbons (Fsp3) is 0.857. The fourth-order valence-electron chi connectivity index (χ4n) is 2.90. The number of likely N-dealkylation sites (tertiary alicyclic amines) is 1. The van der Waals surface area contributed by atoms with Gasteiger partial charge in [-0.15, -0.1) is 0 Å². The summed E-state index contributed by atoms with van der Waals surface area (Å²) in [6.45, 7) is 9.46. The average molecular weight is 265 g/mol. The van der Waals surface area contributed by atoms with Crippen LogP contribution in [0.15, 0.2) is 6.33 Å². The number of hydrogen-bond donors (Lipinski definition) is 1. The fourth-order valence-corrected chi connectivity index (χ4v) is 2.90. The van der Waals surface area contributed by atoms with Crippen molar-refractivity contribution in [2.75, 3.05) is 6.54 Å². The molecular weight excluding hydrogens is 238 g/mol. The van der Waals surface area contributed by atoms with Gasteiger partial charge in [0.25, 0.3) is 0 Å². The first-order chi connectivity index (χ1) is 9.08. The van der Waals surface area contributed by atoms with Crippen LogP contribution in [0.3, 0.4) is 0 Å². The molecule has 0 saturated carbocycles. The highest BCUT2D eigenvalue weighted by molar-refractivity contribution is 4.90. The molecule has 2 atom stereocenters. The highest BCUT2D eigenvalue weighted by Gasteiger charge is 2.26. The summed E-state index contributed by atoms with van der Waals surface area (Å²) in [6, 6.07) is 0.708. The third-order valence-corrected chi connectivity index (χ3v) is 3.85. The van der Waals surface area contributed by atoms with Gasteiger partial charge in [-0.1, -0.05) is 20.3 Å². The number of nitrogens with zero attached hydrogens (tertiary/aromatic N) is 4. The summed E-state index contributed by atoms with van der Waals surface area (Å²) < 4.78 is 2.04. The Morgan fingerprint density at radius 1 is 1.37 bits per heavy atom. The second-order valence-electron chi connectivity index (χ2n) is 6.14. The van der Waals surface area contributed by atoms with Gasteiger partial charge in [-0.2, -0.15) is 5.10 Å². The van der Waals surface area contributed by atoms with Gasteiger partial charge in [-0.3, -0.25) is 4.90 Å². The predicted octanol–water partition coefficient (Wildman–Crippen LogP) is 1.64. The minimum absolute atomic E-state index is 0.224. The number of rotatable bonds is 5. The third kappa shape index (κ3) is 3.76. The molecule has 1 fully saturated rings. The minimum atomic E-state index is 0.224. The van der Waals surface area contributed by atoms with Crippen LogP contribution in [0.5, 0.6) is 0 Å². The van der Waals surface area contributed by atoms with Gasteiger partial charge in [-0.25, -0.2) is 9.67 Å². The Morgan fingerprint density at radius 2 is 2.16 bits per heavy atom. The lowest BCUT2D eigenvalue weighted by atomic mass is 9.97. The van der Waals surface area contributed by atoms with Crippen LogP contribution in [0.4, 0.5) is 0 Å². The quantitative estimate of drug-likeness (QED) is 0.879. The van der Waals surface area contributed by atoms with Crippen molar-refractivity contribution in [2.24, 2.45) is 11.7 Å². The van der Waals surface area contributed by atoms with Gasteiger partial charge < -0.3 is 5.73 Å². The van der Waals surface area contributed by atoms with Gasteiger partial charge in [0, 0.05) is 18.6 Å². The first-order valence-electron chi connectivity index (χ1n) is 7.44. The highest BCUT2D eigenvalue weighted by atomic mass is 15.4. The van der Waals surface area contributed by atoms with Gasteiger partial charge in [0.15, 0.2) is 0 Å². The van der Waals surface area contributed by atoms with Crippen molar-refractivity contribution in [2.45, 2.75) is 65.2 Å². The molecule has 0 radical (unpaired) electrons. The van der Waals surface area contributed by atoms with Crippen LogP contribution >= 0.6 is 0 Å². The van der Waals surface area contributed by atoms with Gasteiger partial charge in [0.1, 0.15) is 12.2 Å². The Labute approximate surface area is 116 Å². The predicted molar refractivity (Wildman–Crippen MR) is 76.6 cm³/mol. The van der Waals surface area contributed by atoms with E-state index in [0.717, 1.165) is 25.5 Å². The molecule has 108 valence electrons. The maximum absolute atomic E-state index is 6.12. The molecule has 0 spiro atoms. The van der Waals surface area contributed by atoms with E-state index in [0.29, 0.717) is 12.0 Å². The van der Waals surface area contributed by atoms with E-state index in [1.54, 1.807) is 6.33 Å². The molecule has 2 rings (SSSR count). The normalized spacial score (nSPS) is 22.9. The molecule has 0 aromatic carbocycles. The summed E-state index contributed by atoms with van der Waals surface area (Å²) in [6.07, 6.45) is 5.43. The molecule has 0 bridgehead atoms. The molecule has 2 N–H and O–H groups in total. The SMILES string of the molecule is CC(C)Cn1ncnc1CN1CCCCC1C(C)N. The minimum Gasteiger partial charge on any atom is -0.327 e. The molecule has 1 aliphatic heterocycles. The van der Waals surface area contributed by atoms with Crippen LogP contribution in [0.2, 0.25) is 0 Å². The van der Waals surface area contributed by atoms with E-state index in [1.807, 2.05) is 4.68 Å². The van der Waals surface area contributed by atoms with E-state index in [1.165, 1.54) is 19.3 Å². The van der Waals surface area contributed by atoms with Crippen molar-refractivity contribution in [3.05, 3.63) is 12.2 Å². The van der Waals surface area contributed by atoms with Crippen molar-refractivity contribution < 1.29 is 0 Å². The van der Waals surface area contributed by atoms with Crippen LogP contribution in [-0.4, -0.2) is 38.3 Å². The second-order valence-corrected chi connectivity index (χ2v) is 6.14. The summed E-state index contributed by atoms with van der Waals surface area (Å²) >= 11 is 0. The molecule has 1 aromatic rings. The van der Waals surface area contributed by atoms with E-state index < -0.39 is 0 Å². The Bertz CT molecular complexity index is 385. The third-order valence-electron chi connectivity index (χ3n) is 3.85. The van der Waals surface area contributed by atoms with Crippen LogP contribution in [0, 0.1) is 5.92 Å². The molecular formula is C14H27N5. The molecule has 1 aromatic heterocycles.